The molecule has 1 atom stereocenters. The highest BCUT2D eigenvalue weighted by atomic mass is 32.1. The summed E-state index contributed by atoms with van der Waals surface area (Å²) in [4.78, 5) is 14.2. The second-order valence-corrected chi connectivity index (χ2v) is 5.46. The van der Waals surface area contributed by atoms with Gasteiger partial charge in [-0.3, -0.25) is 9.36 Å². The standard InChI is InChI=1S/C6H8NO4PS/c1-11-12(10,2-6(8)9)5-3-13-4-7-5/h3-4H,2H2,1H3,(H,8,9). The third-order valence-corrected chi connectivity index (χ3v) is 4.39. The van der Waals surface area contributed by atoms with E-state index in [4.69, 9.17) is 9.63 Å². The normalized spacial score (nSPS) is 15.2. The van der Waals surface area contributed by atoms with Crippen LogP contribution in [0.3, 0.4) is 0 Å². The van der Waals surface area contributed by atoms with Crippen LogP contribution in [0.4, 0.5) is 0 Å². The Morgan fingerprint density at radius 3 is 2.92 bits per heavy atom. The zero-order valence-corrected chi connectivity index (χ0v) is 8.55. The number of aliphatic carboxylic acids is 1. The second-order valence-electron chi connectivity index (χ2n) is 2.25. The fourth-order valence-electron chi connectivity index (χ4n) is 0.792. The van der Waals surface area contributed by atoms with Gasteiger partial charge in [0.05, 0.1) is 5.51 Å². The Morgan fingerprint density at radius 1 is 1.85 bits per heavy atom. The second kappa shape index (κ2) is 4.00. The maximum Gasteiger partial charge on any atom is 0.313 e. The van der Waals surface area contributed by atoms with Gasteiger partial charge in [0.15, 0.2) is 0 Å². The quantitative estimate of drug-likeness (QED) is 0.760. The van der Waals surface area contributed by atoms with Crippen LogP contribution in [-0.4, -0.2) is 29.3 Å². The average molecular weight is 221 g/mol. The van der Waals surface area contributed by atoms with Crippen molar-refractivity contribution in [2.24, 2.45) is 0 Å². The first-order valence-electron chi connectivity index (χ1n) is 3.34. The molecular formula is C6H8NO4PS. The minimum Gasteiger partial charge on any atom is -0.481 e. The van der Waals surface area contributed by atoms with E-state index in [1.54, 1.807) is 0 Å². The number of carboxylic acid groups (broad SMARTS) is 1. The number of hydrogen-bond acceptors (Lipinski definition) is 5. The molecule has 1 N–H and O–H groups in total. The summed E-state index contributed by atoms with van der Waals surface area (Å²) in [5.41, 5.74) is 1.71. The minimum atomic E-state index is -3.26. The fraction of sp³-hybridized carbons (Fsp3) is 0.333. The molecule has 1 rings (SSSR count). The van der Waals surface area contributed by atoms with E-state index in [1.807, 2.05) is 0 Å². The molecule has 1 aromatic heterocycles. The number of carboxylic acids is 1. The summed E-state index contributed by atoms with van der Waals surface area (Å²) >= 11 is 1.25. The molecule has 13 heavy (non-hydrogen) atoms. The van der Waals surface area contributed by atoms with Crippen molar-refractivity contribution in [2.75, 3.05) is 13.3 Å². The first-order chi connectivity index (χ1) is 6.08. The van der Waals surface area contributed by atoms with Crippen molar-refractivity contribution in [3.63, 3.8) is 0 Å². The van der Waals surface area contributed by atoms with Crippen molar-refractivity contribution < 1.29 is 19.0 Å². The fourth-order valence-corrected chi connectivity index (χ4v) is 3.18. The molecule has 1 unspecified atom stereocenters. The van der Waals surface area contributed by atoms with Gasteiger partial charge in [0.1, 0.15) is 11.6 Å². The Bertz CT molecular complexity index is 336. The van der Waals surface area contributed by atoms with E-state index in [0.717, 1.165) is 0 Å². The van der Waals surface area contributed by atoms with E-state index in [-0.39, 0.29) is 5.44 Å². The lowest BCUT2D eigenvalue weighted by atomic mass is 10.8. The van der Waals surface area contributed by atoms with E-state index in [9.17, 15) is 9.36 Å². The molecule has 5 nitrogen and oxygen atoms in total. The van der Waals surface area contributed by atoms with Crippen LogP contribution in [0.5, 0.6) is 0 Å². The highest BCUT2D eigenvalue weighted by Gasteiger charge is 2.29. The Morgan fingerprint density at radius 2 is 2.54 bits per heavy atom. The number of nitrogens with zero attached hydrogens (tertiary/aromatic N) is 1. The third kappa shape index (κ3) is 2.37. The van der Waals surface area contributed by atoms with Gasteiger partial charge < -0.3 is 9.63 Å². The molecule has 0 fully saturated rings. The van der Waals surface area contributed by atoms with Gasteiger partial charge in [0.2, 0.25) is 0 Å². The first kappa shape index (κ1) is 10.4. The molecule has 0 aliphatic heterocycles. The van der Waals surface area contributed by atoms with Gasteiger partial charge >= 0.3 is 5.97 Å². The van der Waals surface area contributed by atoms with Gasteiger partial charge in [0, 0.05) is 12.5 Å². The SMILES string of the molecule is COP(=O)(CC(=O)O)c1cscn1. The van der Waals surface area contributed by atoms with E-state index in [2.05, 4.69) is 4.98 Å². The van der Waals surface area contributed by atoms with Crippen LogP contribution in [0.25, 0.3) is 0 Å². The summed E-state index contributed by atoms with van der Waals surface area (Å²) in [5.74, 6) is -1.15. The summed E-state index contributed by atoms with van der Waals surface area (Å²) in [6.07, 6.45) is -0.521. The molecule has 72 valence electrons. The molecule has 0 radical (unpaired) electrons. The molecule has 7 heteroatoms. The van der Waals surface area contributed by atoms with Gasteiger partial charge in [-0.05, 0) is 0 Å². The summed E-state index contributed by atoms with van der Waals surface area (Å²) < 4.78 is 16.5. The van der Waals surface area contributed by atoms with Crippen LogP contribution >= 0.6 is 18.7 Å². The summed E-state index contributed by atoms with van der Waals surface area (Å²) in [5, 5.41) is 10.0. The van der Waals surface area contributed by atoms with E-state index in [1.165, 1.54) is 29.3 Å². The van der Waals surface area contributed by atoms with Crippen molar-refractivity contribution in [2.45, 2.75) is 0 Å². The lowest BCUT2D eigenvalue weighted by molar-refractivity contribution is -0.134. The molecule has 0 aliphatic carbocycles. The van der Waals surface area contributed by atoms with Gasteiger partial charge in [-0.25, -0.2) is 4.98 Å². The number of hydrogen-bond donors (Lipinski definition) is 1. The molecule has 0 aromatic carbocycles. The monoisotopic (exact) mass is 221 g/mol. The molecular weight excluding hydrogens is 213 g/mol. The van der Waals surface area contributed by atoms with Gasteiger partial charge in [-0.15, -0.1) is 11.3 Å². The predicted octanol–water partition coefficient (Wildman–Crippen LogP) is 0.777. The molecule has 0 saturated carbocycles. The molecule has 1 aromatic rings. The lowest BCUT2D eigenvalue weighted by Gasteiger charge is -2.10. The van der Waals surface area contributed by atoms with Crippen LogP contribution in [-0.2, 0) is 13.9 Å². The van der Waals surface area contributed by atoms with Crippen molar-refractivity contribution in [3.05, 3.63) is 10.9 Å². The van der Waals surface area contributed by atoms with Crippen molar-refractivity contribution in [1.29, 1.82) is 0 Å². The number of carbonyl (C=O) groups is 1. The zero-order valence-electron chi connectivity index (χ0n) is 6.84. The predicted molar refractivity (Wildman–Crippen MR) is 48.9 cm³/mol. The molecule has 1 heterocycles. The number of aromatic nitrogens is 1. The van der Waals surface area contributed by atoms with Crippen LogP contribution in [0.15, 0.2) is 10.9 Å². The van der Waals surface area contributed by atoms with E-state index in [0.29, 0.717) is 0 Å². The van der Waals surface area contributed by atoms with E-state index < -0.39 is 19.5 Å². The van der Waals surface area contributed by atoms with Crippen LogP contribution in [0.1, 0.15) is 0 Å². The molecule has 0 saturated heterocycles. The largest absolute Gasteiger partial charge is 0.481 e. The number of rotatable bonds is 4. The van der Waals surface area contributed by atoms with Gasteiger partial charge in [0.25, 0.3) is 7.37 Å². The van der Waals surface area contributed by atoms with Crippen LogP contribution in [0.2, 0.25) is 0 Å². The molecule has 0 spiro atoms. The molecule has 0 amide bonds. The average Bonchev–Trinajstić information content (AvgIpc) is 2.55. The number of thiazole rings is 1. The van der Waals surface area contributed by atoms with Crippen molar-refractivity contribution >= 4 is 30.1 Å². The third-order valence-electron chi connectivity index (χ3n) is 1.41. The van der Waals surface area contributed by atoms with Crippen LogP contribution < -0.4 is 5.44 Å². The van der Waals surface area contributed by atoms with Gasteiger partial charge in [-0.1, -0.05) is 0 Å². The first-order valence-corrected chi connectivity index (χ1v) is 6.09. The van der Waals surface area contributed by atoms with E-state index >= 15 is 0 Å². The topological polar surface area (TPSA) is 76.5 Å². The maximum atomic E-state index is 11.8. The summed E-state index contributed by atoms with van der Waals surface area (Å²) in [7, 11) is -2.04. The lowest BCUT2D eigenvalue weighted by Crippen LogP contribution is -2.15. The Labute approximate surface area is 78.8 Å². The molecule has 0 aliphatic rings. The zero-order chi connectivity index (χ0) is 9.90. The van der Waals surface area contributed by atoms with Crippen molar-refractivity contribution in [1.82, 2.24) is 4.98 Å². The highest BCUT2D eigenvalue weighted by Crippen LogP contribution is 2.43. The Balaban J connectivity index is 2.95. The van der Waals surface area contributed by atoms with Crippen molar-refractivity contribution in [3.8, 4) is 0 Å². The smallest absolute Gasteiger partial charge is 0.313 e. The highest BCUT2D eigenvalue weighted by molar-refractivity contribution is 7.67. The Kier molecular flexibility index (Phi) is 3.19. The maximum absolute atomic E-state index is 11.8. The molecule has 0 bridgehead atoms. The van der Waals surface area contributed by atoms with Gasteiger partial charge in [-0.2, -0.15) is 0 Å². The summed E-state index contributed by atoms with van der Waals surface area (Å²) in [6.45, 7) is 0. The van der Waals surface area contributed by atoms with Crippen LogP contribution in [0, 0.1) is 0 Å². The Hall–Kier alpha value is -0.710. The summed E-state index contributed by atoms with van der Waals surface area (Å²) in [6, 6.07) is 0. The minimum absolute atomic E-state index is 0.224.